The first-order valence-corrected chi connectivity index (χ1v) is 19.1. The summed E-state index contributed by atoms with van der Waals surface area (Å²) in [6.45, 7) is 0. The van der Waals surface area contributed by atoms with Crippen molar-refractivity contribution in [2.24, 2.45) is 0 Å². The summed E-state index contributed by atoms with van der Waals surface area (Å²) in [5, 5.41) is 6.06. The van der Waals surface area contributed by atoms with E-state index in [1.165, 1.54) is 33.5 Å². The van der Waals surface area contributed by atoms with Crippen molar-refractivity contribution in [2.45, 2.75) is 0 Å². The van der Waals surface area contributed by atoms with E-state index in [2.05, 4.69) is 121 Å². The van der Waals surface area contributed by atoms with Crippen LogP contribution in [-0.4, -0.2) is 12.3 Å². The average molecular weight is 666 g/mol. The van der Waals surface area contributed by atoms with Gasteiger partial charge in [-0.3, -0.25) is 0 Å². The Hall–Kier alpha value is -0.992. The predicted octanol–water partition coefficient (Wildman–Crippen LogP) is 6.09. The Morgan fingerprint density at radius 1 is 0.419 bits per heavy atom. The van der Waals surface area contributed by atoms with E-state index >= 15 is 0 Å². The second kappa shape index (κ2) is 14.2. The first-order valence-electron chi connectivity index (χ1n) is 10.1. The molecule has 0 aliphatic carbocycles. The van der Waals surface area contributed by atoms with E-state index in [0.717, 1.165) is 0 Å². The Balaban J connectivity index is 0.000000858. The maximum Gasteiger partial charge on any atom is 0.101 e. The molecule has 162 valence electrons. The SMILES string of the molecule is [Cl][Pt][Cl].c1ccc([PH+](CC[PH+](c2ccccc2)c2ccccc2)c2ccccc2)cc1. The molecule has 0 N–H and O–H groups in total. The van der Waals surface area contributed by atoms with Gasteiger partial charge in [0.15, 0.2) is 0 Å². The van der Waals surface area contributed by atoms with E-state index in [-0.39, 0.29) is 0 Å². The Bertz CT molecular complexity index is 825. The molecule has 31 heavy (non-hydrogen) atoms. The van der Waals surface area contributed by atoms with Crippen LogP contribution in [0.1, 0.15) is 0 Å². The van der Waals surface area contributed by atoms with E-state index in [1.54, 1.807) is 0 Å². The molecular weight excluding hydrogens is 640 g/mol. The standard InChI is InChI=1S/C26H24P2.2ClH.Pt/c1-5-13-23(14-6-1)27(24-15-7-2-8-16-24)21-22-28(25-17-9-3-10-18-25)26-19-11-4-12-20-26;;;/h1-20H,21-22H2;2*1H;/q;;;+2. The molecule has 0 atom stereocenters. The summed E-state index contributed by atoms with van der Waals surface area (Å²) in [6, 6.07) is 44.5. The number of halogens is 2. The summed E-state index contributed by atoms with van der Waals surface area (Å²) in [5.41, 5.74) is 0. The number of rotatable bonds is 7. The van der Waals surface area contributed by atoms with Gasteiger partial charge in [0.05, 0.1) is 37.1 Å². The minimum atomic E-state index is -0.783. The van der Waals surface area contributed by atoms with Gasteiger partial charge in [0.1, 0.15) is 12.3 Å². The number of hydrogen-bond acceptors (Lipinski definition) is 0. The molecule has 0 spiro atoms. The van der Waals surface area contributed by atoms with Gasteiger partial charge >= 0.3 is 35.3 Å². The molecular formula is C26H26Cl2P2Pt+2. The molecule has 0 amide bonds. The number of hydrogen-bond donors (Lipinski definition) is 0. The van der Waals surface area contributed by atoms with E-state index in [1.807, 2.05) is 0 Å². The Labute approximate surface area is 204 Å². The summed E-state index contributed by atoms with van der Waals surface area (Å²) in [7, 11) is 8.18. The molecule has 5 heteroatoms. The topological polar surface area (TPSA) is 0 Å². The van der Waals surface area contributed by atoms with Gasteiger partial charge in [0, 0.05) is 0 Å². The molecule has 0 bridgehead atoms. The molecule has 0 aliphatic heterocycles. The second-order valence-corrected chi connectivity index (χ2v) is 15.5. The van der Waals surface area contributed by atoms with Gasteiger partial charge in [0.25, 0.3) is 0 Å². The third kappa shape index (κ3) is 7.82. The van der Waals surface area contributed by atoms with Crippen LogP contribution in [0.2, 0.25) is 0 Å². The van der Waals surface area contributed by atoms with Crippen molar-refractivity contribution < 1.29 is 16.5 Å². The monoisotopic (exact) mass is 665 g/mol. The largest absolute Gasteiger partial charge is 0.101 e. The molecule has 0 unspecified atom stereocenters. The quantitative estimate of drug-likeness (QED) is 0.210. The van der Waals surface area contributed by atoms with Crippen molar-refractivity contribution in [2.75, 3.05) is 12.3 Å². The van der Waals surface area contributed by atoms with Crippen LogP contribution in [-0.2, 0) is 16.5 Å². The van der Waals surface area contributed by atoms with Gasteiger partial charge in [-0.05, 0) is 48.5 Å². The summed E-state index contributed by atoms with van der Waals surface area (Å²) < 4.78 is 0. The van der Waals surface area contributed by atoms with Gasteiger partial charge in [-0.2, -0.15) is 0 Å². The normalized spacial score (nSPS) is 10.7. The van der Waals surface area contributed by atoms with Crippen molar-refractivity contribution in [1.29, 1.82) is 0 Å². The van der Waals surface area contributed by atoms with Crippen molar-refractivity contribution in [3.8, 4) is 0 Å². The molecule has 4 aromatic carbocycles. The van der Waals surface area contributed by atoms with Crippen molar-refractivity contribution in [3.63, 3.8) is 0 Å². The van der Waals surface area contributed by atoms with E-state index in [4.69, 9.17) is 18.8 Å². The zero-order chi connectivity index (χ0) is 21.7. The van der Waals surface area contributed by atoms with Crippen LogP contribution in [0.5, 0.6) is 0 Å². The number of benzene rings is 4. The Morgan fingerprint density at radius 2 is 0.613 bits per heavy atom. The first kappa shape index (κ1) is 24.6. The smallest absolute Gasteiger partial charge is 0.0620 e. The molecule has 0 saturated carbocycles. The van der Waals surface area contributed by atoms with Crippen LogP contribution < -0.4 is 21.2 Å². The van der Waals surface area contributed by atoms with Crippen molar-refractivity contribution in [1.82, 2.24) is 0 Å². The molecule has 0 aromatic heterocycles. The minimum absolute atomic E-state index is 0.472. The maximum atomic E-state index is 4.88. The third-order valence-electron chi connectivity index (χ3n) is 5.11. The molecule has 0 aliphatic rings. The molecule has 0 heterocycles. The van der Waals surface area contributed by atoms with Gasteiger partial charge in [-0.15, -0.1) is 0 Å². The summed E-state index contributed by atoms with van der Waals surface area (Å²) >= 11 is -0.472. The predicted molar refractivity (Wildman–Crippen MR) is 142 cm³/mol. The van der Waals surface area contributed by atoms with Crippen LogP contribution in [0.4, 0.5) is 0 Å². The molecule has 4 rings (SSSR count). The molecule has 0 radical (unpaired) electrons. The van der Waals surface area contributed by atoms with Gasteiger partial charge < -0.3 is 0 Å². The van der Waals surface area contributed by atoms with Crippen LogP contribution in [0, 0.1) is 0 Å². The van der Waals surface area contributed by atoms with E-state index in [0.29, 0.717) is 0 Å². The molecule has 4 aromatic rings. The van der Waals surface area contributed by atoms with Gasteiger partial charge in [-0.25, -0.2) is 0 Å². The molecule has 0 saturated heterocycles. The van der Waals surface area contributed by atoms with Gasteiger partial charge in [0.2, 0.25) is 0 Å². The van der Waals surface area contributed by atoms with E-state index < -0.39 is 32.3 Å². The summed E-state index contributed by atoms with van der Waals surface area (Å²) in [5.74, 6) is 0. The fourth-order valence-electron chi connectivity index (χ4n) is 3.72. The summed E-state index contributed by atoms with van der Waals surface area (Å²) in [4.78, 5) is 0. The van der Waals surface area contributed by atoms with Crippen molar-refractivity contribution in [3.05, 3.63) is 121 Å². The van der Waals surface area contributed by atoms with Crippen LogP contribution in [0.3, 0.4) is 0 Å². The third-order valence-corrected chi connectivity index (χ3v) is 11.2. The average Bonchev–Trinajstić information content (AvgIpc) is 2.85. The minimum Gasteiger partial charge on any atom is -0.0620 e. The zero-order valence-electron chi connectivity index (χ0n) is 17.0. The second-order valence-electron chi connectivity index (χ2n) is 6.97. The van der Waals surface area contributed by atoms with Crippen molar-refractivity contribution >= 4 is 55.9 Å². The van der Waals surface area contributed by atoms with Crippen LogP contribution in [0.15, 0.2) is 121 Å². The Morgan fingerprint density at radius 3 is 0.806 bits per heavy atom. The van der Waals surface area contributed by atoms with Crippen LogP contribution >= 0.6 is 34.7 Å². The fourth-order valence-corrected chi connectivity index (χ4v) is 9.92. The fraction of sp³-hybridized carbons (Fsp3) is 0.0769. The summed E-state index contributed by atoms with van der Waals surface area (Å²) in [6.07, 6.45) is 2.52. The Kier molecular flexibility index (Phi) is 11.3. The van der Waals surface area contributed by atoms with Gasteiger partial charge in [-0.1, -0.05) is 72.8 Å². The maximum absolute atomic E-state index is 4.88. The first-order chi connectivity index (χ1) is 15.3. The molecule has 0 fully saturated rings. The van der Waals surface area contributed by atoms with E-state index in [9.17, 15) is 0 Å². The van der Waals surface area contributed by atoms with Crippen LogP contribution in [0.25, 0.3) is 0 Å². The molecule has 0 nitrogen and oxygen atoms in total. The zero-order valence-corrected chi connectivity index (χ0v) is 22.8.